The maximum absolute atomic E-state index is 5.90. The summed E-state index contributed by atoms with van der Waals surface area (Å²) in [7, 11) is 0. The Hall–Kier alpha value is -0.460. The number of allylic oxidation sites excluding steroid dienone is 2. The van der Waals surface area contributed by atoms with E-state index in [2.05, 4.69) is 34.6 Å². The monoisotopic (exact) mass is 182 g/mol. The zero-order valence-corrected chi connectivity index (χ0v) is 9.55. The predicted molar refractivity (Wildman–Crippen MR) is 56.5 cm³/mol. The molecule has 0 aromatic rings. The molecule has 1 aliphatic rings. The average molecular weight is 182 g/mol. The molecular weight excluding hydrogens is 160 g/mol. The highest BCUT2D eigenvalue weighted by Crippen LogP contribution is 2.32. The van der Waals surface area contributed by atoms with E-state index in [1.165, 1.54) is 24.2 Å². The molecule has 13 heavy (non-hydrogen) atoms. The Morgan fingerprint density at radius 2 is 1.77 bits per heavy atom. The molecule has 1 heteroatoms. The number of hydrogen-bond acceptors (Lipinski definition) is 1. The Balaban J connectivity index is 2.87. The van der Waals surface area contributed by atoms with Crippen molar-refractivity contribution in [3.8, 4) is 0 Å². The van der Waals surface area contributed by atoms with Crippen molar-refractivity contribution in [1.82, 2.24) is 0 Å². The smallest absolute Gasteiger partial charge is 0.0983 e. The Labute approximate surface area is 82.2 Å². The minimum absolute atomic E-state index is 0.417. The van der Waals surface area contributed by atoms with E-state index >= 15 is 0 Å². The number of ether oxygens (including phenoxy) is 1. The third kappa shape index (κ3) is 2.49. The van der Waals surface area contributed by atoms with E-state index < -0.39 is 0 Å². The number of rotatable bonds is 2. The molecule has 0 fully saturated rings. The lowest BCUT2D eigenvalue weighted by Gasteiger charge is -2.30. The van der Waals surface area contributed by atoms with Crippen molar-refractivity contribution in [2.24, 2.45) is 11.8 Å². The molecule has 76 valence electrons. The molecule has 0 aromatic heterocycles. The van der Waals surface area contributed by atoms with E-state index in [1.54, 1.807) is 0 Å². The molecule has 0 spiro atoms. The first-order chi connectivity index (χ1) is 6.02. The van der Waals surface area contributed by atoms with Crippen LogP contribution in [0, 0.1) is 11.8 Å². The highest BCUT2D eigenvalue weighted by molar-refractivity contribution is 5.15. The van der Waals surface area contributed by atoms with E-state index in [0.29, 0.717) is 17.9 Å². The molecule has 0 aliphatic carbocycles. The molecule has 0 aromatic carbocycles. The van der Waals surface area contributed by atoms with Gasteiger partial charge in [-0.3, -0.25) is 0 Å². The third-order valence-electron chi connectivity index (χ3n) is 2.69. The molecule has 1 rings (SSSR count). The van der Waals surface area contributed by atoms with Crippen molar-refractivity contribution in [3.05, 3.63) is 11.3 Å². The standard InChI is InChI=1S/C12H22O/c1-8(2)11-7-6-10(5)13-12(11)9(3)4/h8-10H,6-7H2,1-5H3/t10-/m0/s1. The van der Waals surface area contributed by atoms with Crippen molar-refractivity contribution in [3.63, 3.8) is 0 Å². The molecule has 1 heterocycles. The molecule has 0 unspecified atom stereocenters. The van der Waals surface area contributed by atoms with Gasteiger partial charge in [0.2, 0.25) is 0 Å². The highest BCUT2D eigenvalue weighted by Gasteiger charge is 2.22. The number of hydrogen-bond donors (Lipinski definition) is 0. The van der Waals surface area contributed by atoms with Gasteiger partial charge in [0.05, 0.1) is 11.9 Å². The Kier molecular flexibility index (Phi) is 3.40. The van der Waals surface area contributed by atoms with Gasteiger partial charge in [-0.15, -0.1) is 0 Å². The van der Waals surface area contributed by atoms with Crippen LogP contribution in [-0.4, -0.2) is 6.10 Å². The van der Waals surface area contributed by atoms with Crippen LogP contribution in [0.3, 0.4) is 0 Å². The Bertz CT molecular complexity index is 201. The van der Waals surface area contributed by atoms with Gasteiger partial charge in [0, 0.05) is 5.92 Å². The van der Waals surface area contributed by atoms with E-state index in [0.717, 1.165) is 0 Å². The van der Waals surface area contributed by atoms with Gasteiger partial charge < -0.3 is 4.74 Å². The SMILES string of the molecule is CC(C)C1=C(C(C)C)O[C@@H](C)CC1. The van der Waals surface area contributed by atoms with Crippen molar-refractivity contribution < 1.29 is 4.74 Å². The summed E-state index contributed by atoms with van der Waals surface area (Å²) in [6.07, 6.45) is 2.83. The van der Waals surface area contributed by atoms with Gasteiger partial charge in [-0.1, -0.05) is 27.7 Å². The van der Waals surface area contributed by atoms with Gasteiger partial charge in [0.1, 0.15) is 0 Å². The summed E-state index contributed by atoms with van der Waals surface area (Å²) in [6, 6.07) is 0. The second-order valence-electron chi connectivity index (χ2n) is 4.67. The molecule has 1 atom stereocenters. The molecule has 0 radical (unpaired) electrons. The largest absolute Gasteiger partial charge is 0.495 e. The summed E-state index contributed by atoms with van der Waals surface area (Å²) in [5.41, 5.74) is 1.54. The van der Waals surface area contributed by atoms with Gasteiger partial charge in [0.25, 0.3) is 0 Å². The zero-order chi connectivity index (χ0) is 10.0. The van der Waals surface area contributed by atoms with Gasteiger partial charge >= 0.3 is 0 Å². The molecule has 1 aliphatic heterocycles. The van der Waals surface area contributed by atoms with Gasteiger partial charge in [-0.05, 0) is 31.3 Å². The highest BCUT2D eigenvalue weighted by atomic mass is 16.5. The van der Waals surface area contributed by atoms with Crippen LogP contribution in [0.15, 0.2) is 11.3 Å². The lowest BCUT2D eigenvalue weighted by atomic mass is 9.90. The maximum atomic E-state index is 5.90. The lowest BCUT2D eigenvalue weighted by Crippen LogP contribution is -2.20. The third-order valence-corrected chi connectivity index (χ3v) is 2.69. The Morgan fingerprint density at radius 1 is 1.15 bits per heavy atom. The van der Waals surface area contributed by atoms with E-state index in [4.69, 9.17) is 4.74 Å². The van der Waals surface area contributed by atoms with E-state index in [1.807, 2.05) is 0 Å². The van der Waals surface area contributed by atoms with Gasteiger partial charge in [0.15, 0.2) is 0 Å². The summed E-state index contributed by atoms with van der Waals surface area (Å²) in [6.45, 7) is 11.1. The minimum Gasteiger partial charge on any atom is -0.495 e. The van der Waals surface area contributed by atoms with Crippen LogP contribution in [0.5, 0.6) is 0 Å². The average Bonchev–Trinajstić information content (AvgIpc) is 2.03. The van der Waals surface area contributed by atoms with Gasteiger partial charge in [-0.2, -0.15) is 0 Å². The van der Waals surface area contributed by atoms with Crippen LogP contribution in [0.1, 0.15) is 47.5 Å². The molecule has 0 amide bonds. The topological polar surface area (TPSA) is 9.23 Å². The quantitative estimate of drug-likeness (QED) is 0.632. The van der Waals surface area contributed by atoms with Crippen molar-refractivity contribution >= 4 is 0 Å². The summed E-state index contributed by atoms with van der Waals surface area (Å²) in [4.78, 5) is 0. The van der Waals surface area contributed by atoms with Crippen molar-refractivity contribution in [1.29, 1.82) is 0 Å². The normalized spacial score (nSPS) is 24.1. The summed E-state index contributed by atoms with van der Waals surface area (Å²) >= 11 is 0. The van der Waals surface area contributed by atoms with Crippen LogP contribution in [0.25, 0.3) is 0 Å². The fraction of sp³-hybridized carbons (Fsp3) is 0.833. The summed E-state index contributed by atoms with van der Waals surface area (Å²) in [5, 5.41) is 0. The second-order valence-corrected chi connectivity index (χ2v) is 4.67. The molecule has 0 saturated carbocycles. The Morgan fingerprint density at radius 3 is 2.23 bits per heavy atom. The van der Waals surface area contributed by atoms with Crippen LogP contribution < -0.4 is 0 Å². The molecule has 1 nitrogen and oxygen atoms in total. The minimum atomic E-state index is 0.417. The first-order valence-electron chi connectivity index (χ1n) is 5.42. The first kappa shape index (κ1) is 10.6. The first-order valence-corrected chi connectivity index (χ1v) is 5.42. The van der Waals surface area contributed by atoms with Crippen LogP contribution in [-0.2, 0) is 4.74 Å². The molecule has 0 N–H and O–H groups in total. The maximum Gasteiger partial charge on any atom is 0.0983 e. The predicted octanol–water partition coefficient (Wildman–Crippen LogP) is 3.75. The van der Waals surface area contributed by atoms with Gasteiger partial charge in [-0.25, -0.2) is 0 Å². The summed E-state index contributed by atoms with van der Waals surface area (Å²) in [5.74, 6) is 2.44. The van der Waals surface area contributed by atoms with Crippen LogP contribution in [0.2, 0.25) is 0 Å². The fourth-order valence-corrected chi connectivity index (χ4v) is 1.91. The van der Waals surface area contributed by atoms with Crippen molar-refractivity contribution in [2.75, 3.05) is 0 Å². The fourth-order valence-electron chi connectivity index (χ4n) is 1.91. The second kappa shape index (κ2) is 4.17. The molecule has 0 bridgehead atoms. The van der Waals surface area contributed by atoms with E-state index in [9.17, 15) is 0 Å². The lowest BCUT2D eigenvalue weighted by molar-refractivity contribution is 0.0831. The van der Waals surface area contributed by atoms with Crippen molar-refractivity contribution in [2.45, 2.75) is 53.6 Å². The van der Waals surface area contributed by atoms with Crippen LogP contribution in [0.4, 0.5) is 0 Å². The van der Waals surface area contributed by atoms with E-state index in [-0.39, 0.29) is 0 Å². The van der Waals surface area contributed by atoms with Crippen LogP contribution >= 0.6 is 0 Å². The molecule has 0 saturated heterocycles. The summed E-state index contributed by atoms with van der Waals surface area (Å²) < 4.78 is 5.90. The zero-order valence-electron chi connectivity index (χ0n) is 9.55. The molecular formula is C12H22O.